The summed E-state index contributed by atoms with van der Waals surface area (Å²) >= 11 is 0. The number of nitrogen functional groups attached to an aromatic ring is 1. The number of halogens is 1. The molecule has 4 rings (SSSR count). The van der Waals surface area contributed by atoms with Crippen molar-refractivity contribution in [3.8, 4) is 22.6 Å². The number of ether oxygens (including phenoxy) is 2. The Morgan fingerprint density at radius 2 is 1.90 bits per heavy atom. The van der Waals surface area contributed by atoms with Gasteiger partial charge in [-0.05, 0) is 41.0 Å². The van der Waals surface area contributed by atoms with Gasteiger partial charge in [0.2, 0.25) is 5.95 Å². The van der Waals surface area contributed by atoms with Crippen LogP contribution in [0.3, 0.4) is 0 Å². The molecule has 7 nitrogen and oxygen atoms in total. The van der Waals surface area contributed by atoms with Gasteiger partial charge in [-0.15, -0.1) is 0 Å². The number of rotatable bonds is 4. The molecule has 0 aliphatic carbocycles. The fourth-order valence-corrected chi connectivity index (χ4v) is 3.53. The predicted molar refractivity (Wildman–Crippen MR) is 105 cm³/mol. The van der Waals surface area contributed by atoms with Gasteiger partial charge in [0.1, 0.15) is 5.82 Å². The lowest BCUT2D eigenvalue weighted by atomic mass is 9.89. The summed E-state index contributed by atoms with van der Waals surface area (Å²) in [5.74, 6) is 0.530. The second-order valence-electron chi connectivity index (χ2n) is 6.62. The zero-order valence-electron chi connectivity index (χ0n) is 15.9. The van der Waals surface area contributed by atoms with Gasteiger partial charge in [0.25, 0.3) is 5.91 Å². The van der Waals surface area contributed by atoms with Crippen LogP contribution >= 0.6 is 0 Å². The van der Waals surface area contributed by atoms with Crippen molar-refractivity contribution < 1.29 is 18.7 Å². The number of fused-ring (bicyclic) bond motifs is 1. The van der Waals surface area contributed by atoms with Crippen molar-refractivity contribution in [1.29, 1.82) is 0 Å². The van der Waals surface area contributed by atoms with Gasteiger partial charge >= 0.3 is 0 Å². The standard InChI is InChI=1S/C21H19FN4O3/c1-28-18-6-3-11(7-19(18)29-2)14-8-12(22)4-5-13(14)16-9-17-15(20(27)25-16)10-24-21(23)26-17/h3-8,10,16H,9H2,1-2H3,(H,25,27)(H2,23,24,26). The number of amides is 1. The van der Waals surface area contributed by atoms with E-state index in [0.29, 0.717) is 34.7 Å². The summed E-state index contributed by atoms with van der Waals surface area (Å²) in [6.45, 7) is 0. The van der Waals surface area contributed by atoms with E-state index in [1.807, 2.05) is 6.07 Å². The third kappa shape index (κ3) is 3.44. The Balaban J connectivity index is 1.80. The minimum absolute atomic E-state index is 0.108. The van der Waals surface area contributed by atoms with E-state index < -0.39 is 6.04 Å². The highest BCUT2D eigenvalue weighted by Gasteiger charge is 2.29. The fourth-order valence-electron chi connectivity index (χ4n) is 3.53. The first-order valence-electron chi connectivity index (χ1n) is 8.94. The molecule has 1 aromatic heterocycles. The van der Waals surface area contributed by atoms with Crippen molar-refractivity contribution in [2.24, 2.45) is 0 Å². The number of nitrogens with one attached hydrogen (secondary N) is 1. The molecule has 2 heterocycles. The second kappa shape index (κ2) is 7.38. The maximum absolute atomic E-state index is 14.1. The SMILES string of the molecule is COc1ccc(-c2cc(F)ccc2C2Cc3nc(N)ncc3C(=O)N2)cc1OC. The number of anilines is 1. The second-order valence-corrected chi connectivity index (χ2v) is 6.62. The Morgan fingerprint density at radius 3 is 2.66 bits per heavy atom. The van der Waals surface area contributed by atoms with Gasteiger partial charge in [0.05, 0.1) is 31.5 Å². The highest BCUT2D eigenvalue weighted by atomic mass is 19.1. The minimum Gasteiger partial charge on any atom is -0.493 e. The van der Waals surface area contributed by atoms with E-state index in [2.05, 4.69) is 15.3 Å². The van der Waals surface area contributed by atoms with Crippen LogP contribution in [-0.2, 0) is 6.42 Å². The summed E-state index contributed by atoms with van der Waals surface area (Å²) in [4.78, 5) is 20.6. The molecule has 0 saturated carbocycles. The van der Waals surface area contributed by atoms with Crippen molar-refractivity contribution in [1.82, 2.24) is 15.3 Å². The molecular weight excluding hydrogens is 375 g/mol. The third-order valence-electron chi connectivity index (χ3n) is 4.92. The number of carbonyl (C=O) groups is 1. The van der Waals surface area contributed by atoms with Crippen molar-refractivity contribution in [3.63, 3.8) is 0 Å². The molecule has 0 saturated heterocycles. The Kier molecular flexibility index (Phi) is 4.75. The molecule has 2 aromatic carbocycles. The van der Waals surface area contributed by atoms with Crippen LogP contribution in [0, 0.1) is 5.82 Å². The van der Waals surface area contributed by atoms with Crippen LogP contribution in [0.2, 0.25) is 0 Å². The highest BCUT2D eigenvalue weighted by molar-refractivity contribution is 5.96. The van der Waals surface area contributed by atoms with Crippen molar-refractivity contribution in [2.45, 2.75) is 12.5 Å². The Morgan fingerprint density at radius 1 is 1.10 bits per heavy atom. The fraction of sp³-hybridized carbons (Fsp3) is 0.190. The summed E-state index contributed by atoms with van der Waals surface area (Å²) in [6.07, 6.45) is 1.84. The predicted octanol–water partition coefficient (Wildman–Crippen LogP) is 2.91. The van der Waals surface area contributed by atoms with Crippen molar-refractivity contribution >= 4 is 11.9 Å². The smallest absolute Gasteiger partial charge is 0.255 e. The van der Waals surface area contributed by atoms with Gasteiger partial charge in [-0.1, -0.05) is 12.1 Å². The lowest BCUT2D eigenvalue weighted by Gasteiger charge is -2.27. The van der Waals surface area contributed by atoms with Crippen LogP contribution in [0.15, 0.2) is 42.6 Å². The molecule has 1 amide bonds. The first-order chi connectivity index (χ1) is 14.0. The van der Waals surface area contributed by atoms with Crippen LogP contribution in [0.25, 0.3) is 11.1 Å². The monoisotopic (exact) mass is 394 g/mol. The third-order valence-corrected chi connectivity index (χ3v) is 4.92. The molecule has 29 heavy (non-hydrogen) atoms. The van der Waals surface area contributed by atoms with Crippen LogP contribution in [0.5, 0.6) is 11.5 Å². The summed E-state index contributed by atoms with van der Waals surface area (Å²) < 4.78 is 24.8. The van der Waals surface area contributed by atoms with Gasteiger partial charge in [0, 0.05) is 12.6 Å². The number of hydrogen-bond donors (Lipinski definition) is 2. The topological polar surface area (TPSA) is 99.4 Å². The normalized spacial score (nSPS) is 15.4. The number of hydrogen-bond acceptors (Lipinski definition) is 6. The molecule has 3 aromatic rings. The van der Waals surface area contributed by atoms with Crippen LogP contribution in [-0.4, -0.2) is 30.1 Å². The van der Waals surface area contributed by atoms with Gasteiger partial charge in [-0.2, -0.15) is 0 Å². The number of methoxy groups -OCH3 is 2. The molecule has 0 spiro atoms. The van der Waals surface area contributed by atoms with E-state index in [0.717, 1.165) is 11.1 Å². The molecule has 8 heteroatoms. The first kappa shape index (κ1) is 18.7. The molecule has 0 bridgehead atoms. The maximum atomic E-state index is 14.1. The molecule has 0 radical (unpaired) electrons. The van der Waals surface area contributed by atoms with E-state index in [1.165, 1.54) is 25.4 Å². The largest absolute Gasteiger partial charge is 0.493 e. The van der Waals surface area contributed by atoms with Crippen LogP contribution in [0.4, 0.5) is 10.3 Å². The van der Waals surface area contributed by atoms with Crippen LogP contribution < -0.4 is 20.5 Å². The summed E-state index contributed by atoms with van der Waals surface area (Å²) in [7, 11) is 3.09. The number of carbonyl (C=O) groups excluding carboxylic acids is 1. The molecule has 1 unspecified atom stereocenters. The first-order valence-corrected chi connectivity index (χ1v) is 8.94. The molecule has 3 N–H and O–H groups in total. The van der Waals surface area contributed by atoms with Gasteiger partial charge < -0.3 is 20.5 Å². The van der Waals surface area contributed by atoms with Gasteiger partial charge in [-0.3, -0.25) is 4.79 Å². The number of benzene rings is 2. The average Bonchev–Trinajstić information content (AvgIpc) is 2.72. The van der Waals surface area contributed by atoms with E-state index in [4.69, 9.17) is 15.2 Å². The summed E-state index contributed by atoms with van der Waals surface area (Å²) in [6, 6.07) is 9.43. The Bertz CT molecular complexity index is 1100. The molecule has 148 valence electrons. The average molecular weight is 394 g/mol. The highest BCUT2D eigenvalue weighted by Crippen LogP contribution is 2.37. The van der Waals surface area contributed by atoms with Gasteiger partial charge in [0.15, 0.2) is 11.5 Å². The summed E-state index contributed by atoms with van der Waals surface area (Å²) in [5.41, 5.74) is 8.77. The minimum atomic E-state index is -0.395. The van der Waals surface area contributed by atoms with Crippen LogP contribution in [0.1, 0.15) is 27.7 Å². The molecule has 0 fully saturated rings. The van der Waals surface area contributed by atoms with Crippen molar-refractivity contribution in [2.75, 3.05) is 20.0 Å². The van der Waals surface area contributed by atoms with E-state index in [9.17, 15) is 9.18 Å². The number of aromatic nitrogens is 2. The maximum Gasteiger partial charge on any atom is 0.255 e. The quantitative estimate of drug-likeness (QED) is 0.706. The molecule has 1 aliphatic rings. The zero-order valence-corrected chi connectivity index (χ0v) is 15.9. The van der Waals surface area contributed by atoms with Crippen molar-refractivity contribution in [3.05, 3.63) is 65.2 Å². The van der Waals surface area contributed by atoms with Gasteiger partial charge in [-0.25, -0.2) is 14.4 Å². The lowest BCUT2D eigenvalue weighted by molar-refractivity contribution is 0.0923. The van der Waals surface area contributed by atoms with E-state index in [1.54, 1.807) is 25.3 Å². The molecule has 1 atom stereocenters. The Hall–Kier alpha value is -3.68. The number of nitrogens with two attached hydrogens (primary N) is 1. The lowest BCUT2D eigenvalue weighted by Crippen LogP contribution is -2.36. The zero-order chi connectivity index (χ0) is 20.5. The molecular formula is C21H19FN4O3. The summed E-state index contributed by atoms with van der Waals surface area (Å²) in [5, 5.41) is 2.95. The van der Waals surface area contributed by atoms with E-state index in [-0.39, 0.29) is 17.7 Å². The Labute approximate surface area is 166 Å². The molecule has 1 aliphatic heterocycles. The van der Waals surface area contributed by atoms with E-state index >= 15 is 0 Å². The number of nitrogens with zero attached hydrogens (tertiary/aromatic N) is 2.